The second kappa shape index (κ2) is 5.95. The minimum absolute atomic E-state index is 0.446. The van der Waals surface area contributed by atoms with Gasteiger partial charge >= 0.3 is 0 Å². The number of anilines is 2. The van der Waals surface area contributed by atoms with E-state index in [-0.39, 0.29) is 0 Å². The molecule has 0 bridgehead atoms. The van der Waals surface area contributed by atoms with Gasteiger partial charge in [-0.2, -0.15) is 0 Å². The molecule has 0 unspecified atom stereocenters. The summed E-state index contributed by atoms with van der Waals surface area (Å²) in [4.78, 5) is 11.2. The Hall–Kier alpha value is -2.10. The highest BCUT2D eigenvalue weighted by Gasteiger charge is 2.21. The standard InChI is InChI=1S/C18H22N4/c1-4-8-22(9-5-1)18-12-17(19-13-20-18)21-16-10-14-6-2-3-7-15(14)11-16/h2-3,6-7,12-13,16H,1,4-5,8-11H2,(H,19,20,21). The first-order chi connectivity index (χ1) is 10.9. The lowest BCUT2D eigenvalue weighted by atomic mass is 10.1. The van der Waals surface area contributed by atoms with Crippen LogP contribution in [0, 0.1) is 0 Å². The van der Waals surface area contributed by atoms with E-state index >= 15 is 0 Å². The third kappa shape index (κ3) is 2.78. The number of hydrogen-bond donors (Lipinski definition) is 1. The topological polar surface area (TPSA) is 41.0 Å². The maximum atomic E-state index is 4.45. The maximum Gasteiger partial charge on any atom is 0.134 e. The third-order valence-electron chi connectivity index (χ3n) is 4.74. The number of aromatic nitrogens is 2. The predicted octanol–water partition coefficient (Wildman–Crippen LogP) is 3.05. The zero-order chi connectivity index (χ0) is 14.8. The van der Waals surface area contributed by atoms with Gasteiger partial charge in [0.2, 0.25) is 0 Å². The summed E-state index contributed by atoms with van der Waals surface area (Å²) in [6, 6.07) is 11.3. The van der Waals surface area contributed by atoms with Crippen LogP contribution < -0.4 is 10.2 Å². The molecule has 0 amide bonds. The number of nitrogens with one attached hydrogen (secondary N) is 1. The zero-order valence-electron chi connectivity index (χ0n) is 12.8. The monoisotopic (exact) mass is 294 g/mol. The van der Waals surface area contributed by atoms with E-state index in [1.54, 1.807) is 6.33 Å². The van der Waals surface area contributed by atoms with Gasteiger partial charge in [-0.3, -0.25) is 0 Å². The van der Waals surface area contributed by atoms with Crippen molar-refractivity contribution >= 4 is 11.6 Å². The van der Waals surface area contributed by atoms with Crippen molar-refractivity contribution in [2.45, 2.75) is 38.1 Å². The third-order valence-corrected chi connectivity index (χ3v) is 4.74. The lowest BCUT2D eigenvalue weighted by Crippen LogP contribution is -2.30. The van der Waals surface area contributed by atoms with Gasteiger partial charge < -0.3 is 10.2 Å². The van der Waals surface area contributed by atoms with E-state index in [4.69, 9.17) is 0 Å². The molecule has 0 radical (unpaired) electrons. The fourth-order valence-electron chi connectivity index (χ4n) is 3.59. The number of piperidine rings is 1. The molecule has 22 heavy (non-hydrogen) atoms. The molecule has 2 aliphatic rings. The van der Waals surface area contributed by atoms with E-state index < -0.39 is 0 Å². The number of benzene rings is 1. The summed E-state index contributed by atoms with van der Waals surface area (Å²) in [6.45, 7) is 2.23. The van der Waals surface area contributed by atoms with Gasteiger partial charge in [-0.1, -0.05) is 24.3 Å². The van der Waals surface area contributed by atoms with Crippen LogP contribution in [0.1, 0.15) is 30.4 Å². The summed E-state index contributed by atoms with van der Waals surface area (Å²) in [7, 11) is 0. The molecule has 0 spiro atoms. The number of rotatable bonds is 3. The van der Waals surface area contributed by atoms with Crippen LogP contribution >= 0.6 is 0 Å². The normalized spacial score (nSPS) is 18.3. The molecular weight excluding hydrogens is 272 g/mol. The van der Waals surface area contributed by atoms with Gasteiger partial charge in [0.15, 0.2) is 0 Å². The van der Waals surface area contributed by atoms with Gasteiger partial charge in [0.25, 0.3) is 0 Å². The molecule has 1 aromatic carbocycles. The van der Waals surface area contributed by atoms with Crippen LogP contribution in [0.3, 0.4) is 0 Å². The minimum atomic E-state index is 0.446. The molecule has 4 heteroatoms. The van der Waals surface area contributed by atoms with Gasteiger partial charge in [0.05, 0.1) is 0 Å². The SMILES string of the molecule is c1ccc2c(c1)CC(Nc1cc(N3CCCCC3)ncn1)C2. The fraction of sp³-hybridized carbons (Fsp3) is 0.444. The van der Waals surface area contributed by atoms with Gasteiger partial charge in [0.1, 0.15) is 18.0 Å². The molecule has 1 aromatic heterocycles. The summed E-state index contributed by atoms with van der Waals surface area (Å²) in [5.74, 6) is 2.01. The second-order valence-corrected chi connectivity index (χ2v) is 6.33. The van der Waals surface area contributed by atoms with Crippen LogP contribution in [-0.4, -0.2) is 29.1 Å². The second-order valence-electron chi connectivity index (χ2n) is 6.33. The van der Waals surface area contributed by atoms with E-state index in [1.165, 1.54) is 30.4 Å². The summed E-state index contributed by atoms with van der Waals surface area (Å²) in [5, 5.41) is 3.59. The highest BCUT2D eigenvalue weighted by molar-refractivity contribution is 5.50. The Bertz CT molecular complexity index is 624. The van der Waals surface area contributed by atoms with Gasteiger partial charge in [-0.05, 0) is 43.2 Å². The van der Waals surface area contributed by atoms with Crippen molar-refractivity contribution in [3.05, 3.63) is 47.8 Å². The summed E-state index contributed by atoms with van der Waals surface area (Å²) < 4.78 is 0. The van der Waals surface area contributed by atoms with Crippen LogP contribution in [-0.2, 0) is 12.8 Å². The molecular formula is C18H22N4. The maximum absolute atomic E-state index is 4.45. The van der Waals surface area contributed by atoms with Crippen LogP contribution in [0.25, 0.3) is 0 Å². The molecule has 114 valence electrons. The van der Waals surface area contributed by atoms with Crippen molar-refractivity contribution in [2.75, 3.05) is 23.3 Å². The highest BCUT2D eigenvalue weighted by atomic mass is 15.2. The van der Waals surface area contributed by atoms with E-state index in [1.807, 2.05) is 0 Å². The summed E-state index contributed by atoms with van der Waals surface area (Å²) >= 11 is 0. The molecule has 4 nitrogen and oxygen atoms in total. The average molecular weight is 294 g/mol. The quantitative estimate of drug-likeness (QED) is 0.944. The molecule has 1 aliphatic heterocycles. The van der Waals surface area contributed by atoms with Crippen LogP contribution in [0.4, 0.5) is 11.6 Å². The van der Waals surface area contributed by atoms with Crippen molar-refractivity contribution < 1.29 is 0 Å². The molecule has 0 saturated carbocycles. The van der Waals surface area contributed by atoms with Crippen molar-refractivity contribution in [2.24, 2.45) is 0 Å². The summed E-state index contributed by atoms with van der Waals surface area (Å²) in [6.07, 6.45) is 7.73. The molecule has 4 rings (SSSR count). The number of hydrogen-bond acceptors (Lipinski definition) is 4. The first kappa shape index (κ1) is 13.6. The Balaban J connectivity index is 1.45. The Morgan fingerprint density at radius 3 is 2.41 bits per heavy atom. The van der Waals surface area contributed by atoms with Crippen LogP contribution in [0.15, 0.2) is 36.7 Å². The highest BCUT2D eigenvalue weighted by Crippen LogP contribution is 2.25. The number of nitrogens with zero attached hydrogens (tertiary/aromatic N) is 3. The van der Waals surface area contributed by atoms with E-state index in [9.17, 15) is 0 Å². The van der Waals surface area contributed by atoms with Gasteiger partial charge in [0, 0.05) is 25.2 Å². The molecule has 2 aromatic rings. The van der Waals surface area contributed by atoms with Crippen LogP contribution in [0.2, 0.25) is 0 Å². The molecule has 1 fully saturated rings. The average Bonchev–Trinajstić information content (AvgIpc) is 2.98. The van der Waals surface area contributed by atoms with Crippen molar-refractivity contribution in [3.63, 3.8) is 0 Å². The van der Waals surface area contributed by atoms with Crippen molar-refractivity contribution in [1.29, 1.82) is 0 Å². The fourth-order valence-corrected chi connectivity index (χ4v) is 3.59. The Morgan fingerprint density at radius 1 is 0.955 bits per heavy atom. The molecule has 1 N–H and O–H groups in total. The first-order valence-electron chi connectivity index (χ1n) is 8.29. The van der Waals surface area contributed by atoms with E-state index in [0.717, 1.165) is 37.6 Å². The zero-order valence-corrected chi connectivity index (χ0v) is 12.8. The minimum Gasteiger partial charge on any atom is -0.367 e. The molecule has 1 saturated heterocycles. The summed E-state index contributed by atoms with van der Waals surface area (Å²) in [5.41, 5.74) is 2.93. The largest absolute Gasteiger partial charge is 0.367 e. The Morgan fingerprint density at radius 2 is 1.68 bits per heavy atom. The van der Waals surface area contributed by atoms with E-state index in [2.05, 4.69) is 50.5 Å². The molecule has 2 heterocycles. The number of fused-ring (bicyclic) bond motifs is 1. The smallest absolute Gasteiger partial charge is 0.134 e. The molecule has 1 aliphatic carbocycles. The van der Waals surface area contributed by atoms with Crippen LogP contribution in [0.5, 0.6) is 0 Å². The van der Waals surface area contributed by atoms with E-state index in [0.29, 0.717) is 6.04 Å². The molecule has 0 atom stereocenters. The lowest BCUT2D eigenvalue weighted by molar-refractivity contribution is 0.573. The Labute approximate surface area is 131 Å². The predicted molar refractivity (Wildman–Crippen MR) is 89.4 cm³/mol. The lowest BCUT2D eigenvalue weighted by Gasteiger charge is -2.27. The van der Waals surface area contributed by atoms with Crippen molar-refractivity contribution in [1.82, 2.24) is 9.97 Å². The first-order valence-corrected chi connectivity index (χ1v) is 8.29. The van der Waals surface area contributed by atoms with Gasteiger partial charge in [-0.15, -0.1) is 0 Å². The van der Waals surface area contributed by atoms with Crippen molar-refractivity contribution in [3.8, 4) is 0 Å². The van der Waals surface area contributed by atoms with Gasteiger partial charge in [-0.25, -0.2) is 9.97 Å². The Kier molecular flexibility index (Phi) is 3.67.